The van der Waals surface area contributed by atoms with Gasteiger partial charge in [0.2, 0.25) is 0 Å². The fourth-order valence-corrected chi connectivity index (χ4v) is 3.34. The van der Waals surface area contributed by atoms with Crippen molar-refractivity contribution in [2.75, 3.05) is 13.2 Å². The number of fused-ring (bicyclic) bond motifs is 1. The molecule has 0 fully saturated rings. The van der Waals surface area contributed by atoms with Crippen LogP contribution in [0.25, 0.3) is 0 Å². The van der Waals surface area contributed by atoms with Gasteiger partial charge in [0.1, 0.15) is 0 Å². The second-order valence-corrected chi connectivity index (χ2v) is 7.29. The van der Waals surface area contributed by atoms with Crippen LogP contribution in [0.15, 0.2) is 46.9 Å². The number of nitrogens with one attached hydrogen (secondary N) is 1. The van der Waals surface area contributed by atoms with Crippen LogP contribution in [0.1, 0.15) is 42.2 Å². The van der Waals surface area contributed by atoms with Crippen molar-refractivity contribution >= 4 is 21.8 Å². The zero-order valence-corrected chi connectivity index (χ0v) is 16.0. The van der Waals surface area contributed by atoms with E-state index in [-0.39, 0.29) is 17.9 Å². The average molecular weight is 404 g/mol. The summed E-state index contributed by atoms with van der Waals surface area (Å²) in [6.45, 7) is 5.49. The second kappa shape index (κ2) is 7.91. The van der Waals surface area contributed by atoms with Crippen molar-refractivity contribution in [3.63, 3.8) is 0 Å². The quantitative estimate of drug-likeness (QED) is 0.801. The smallest absolute Gasteiger partial charge is 0.252 e. The number of halogens is 1. The predicted octanol–water partition coefficient (Wildman–Crippen LogP) is 4.74. The zero-order chi connectivity index (χ0) is 17.8. The van der Waals surface area contributed by atoms with Gasteiger partial charge in [0.15, 0.2) is 11.5 Å². The van der Waals surface area contributed by atoms with Gasteiger partial charge in [-0.3, -0.25) is 4.79 Å². The average Bonchev–Trinajstić information content (AvgIpc) is 2.84. The van der Waals surface area contributed by atoms with Gasteiger partial charge in [0.05, 0.1) is 24.8 Å². The highest BCUT2D eigenvalue weighted by Gasteiger charge is 2.22. The van der Waals surface area contributed by atoms with E-state index in [1.54, 1.807) is 0 Å². The van der Waals surface area contributed by atoms with Crippen LogP contribution >= 0.6 is 15.9 Å². The van der Waals surface area contributed by atoms with E-state index in [4.69, 9.17) is 9.47 Å². The van der Waals surface area contributed by atoms with Crippen LogP contribution < -0.4 is 14.8 Å². The molecule has 0 saturated carbocycles. The normalized spacial score (nSPS) is 14.7. The summed E-state index contributed by atoms with van der Waals surface area (Å²) in [5.41, 5.74) is 1.64. The molecule has 4 nitrogen and oxygen atoms in total. The molecular formula is C20H22BrNO3. The number of hydrogen-bond donors (Lipinski definition) is 1. The molecular weight excluding hydrogens is 382 g/mol. The Morgan fingerprint density at radius 1 is 1.08 bits per heavy atom. The number of benzene rings is 2. The van der Waals surface area contributed by atoms with E-state index in [2.05, 4.69) is 35.1 Å². The molecule has 2 aromatic rings. The summed E-state index contributed by atoms with van der Waals surface area (Å²) in [7, 11) is 0. The first kappa shape index (κ1) is 17.8. The largest absolute Gasteiger partial charge is 0.490 e. The van der Waals surface area contributed by atoms with Gasteiger partial charge in [-0.25, -0.2) is 0 Å². The third-order valence-electron chi connectivity index (χ3n) is 4.20. The van der Waals surface area contributed by atoms with Gasteiger partial charge in [-0.1, -0.05) is 32.0 Å². The first-order valence-corrected chi connectivity index (χ1v) is 9.30. The molecule has 1 aliphatic rings. The molecule has 0 radical (unpaired) electrons. The molecule has 1 N–H and O–H groups in total. The fourth-order valence-electron chi connectivity index (χ4n) is 2.87. The maximum Gasteiger partial charge on any atom is 0.252 e. The molecule has 3 rings (SSSR count). The monoisotopic (exact) mass is 403 g/mol. The molecule has 0 spiro atoms. The van der Waals surface area contributed by atoms with E-state index in [9.17, 15) is 4.79 Å². The zero-order valence-electron chi connectivity index (χ0n) is 14.4. The molecule has 0 aliphatic carbocycles. The van der Waals surface area contributed by atoms with Crippen LogP contribution in [0.2, 0.25) is 0 Å². The second-order valence-electron chi connectivity index (χ2n) is 6.43. The van der Waals surface area contributed by atoms with Crippen molar-refractivity contribution < 1.29 is 14.3 Å². The van der Waals surface area contributed by atoms with E-state index in [0.29, 0.717) is 18.8 Å². The number of ether oxygens (including phenoxy) is 2. The van der Waals surface area contributed by atoms with Gasteiger partial charge >= 0.3 is 0 Å². The summed E-state index contributed by atoms with van der Waals surface area (Å²) < 4.78 is 12.3. The highest BCUT2D eigenvalue weighted by atomic mass is 79.9. The molecule has 1 aliphatic heterocycles. The van der Waals surface area contributed by atoms with Crippen molar-refractivity contribution in [2.45, 2.75) is 26.3 Å². The lowest BCUT2D eigenvalue weighted by Gasteiger charge is -2.24. The van der Waals surface area contributed by atoms with Crippen LogP contribution in [0, 0.1) is 5.92 Å². The highest BCUT2D eigenvalue weighted by Crippen LogP contribution is 2.34. The molecule has 5 heteroatoms. The van der Waals surface area contributed by atoms with Crippen LogP contribution in [0.3, 0.4) is 0 Å². The molecule has 1 atom stereocenters. The first-order valence-electron chi connectivity index (χ1n) is 8.51. The van der Waals surface area contributed by atoms with Crippen LogP contribution in [0.5, 0.6) is 11.5 Å². The maximum atomic E-state index is 12.7. The van der Waals surface area contributed by atoms with E-state index in [0.717, 1.165) is 28.0 Å². The summed E-state index contributed by atoms with van der Waals surface area (Å²) in [5.74, 6) is 1.64. The summed E-state index contributed by atoms with van der Waals surface area (Å²) in [4.78, 5) is 12.7. The van der Waals surface area contributed by atoms with Gasteiger partial charge in [0.25, 0.3) is 5.91 Å². The lowest BCUT2D eigenvalue weighted by Crippen LogP contribution is -2.32. The number of hydrogen-bond acceptors (Lipinski definition) is 3. The summed E-state index contributed by atoms with van der Waals surface area (Å²) >= 11 is 3.44. The molecule has 2 aromatic carbocycles. The van der Waals surface area contributed by atoms with E-state index in [1.807, 2.05) is 42.5 Å². The van der Waals surface area contributed by atoms with Gasteiger partial charge in [-0.15, -0.1) is 0 Å². The number of carbonyl (C=O) groups is 1. The topological polar surface area (TPSA) is 47.6 Å². The SMILES string of the molecule is CC(C)C(NC(=O)c1ccccc1Br)c1ccc2c(c1)OCCCO2. The van der Waals surface area contributed by atoms with E-state index < -0.39 is 0 Å². The third-order valence-corrected chi connectivity index (χ3v) is 4.89. The predicted molar refractivity (Wildman–Crippen MR) is 101 cm³/mol. The number of amides is 1. The van der Waals surface area contributed by atoms with Crippen molar-refractivity contribution in [1.29, 1.82) is 0 Å². The molecule has 0 bridgehead atoms. The standard InChI is InChI=1S/C20H22BrNO3/c1-13(2)19(22-20(23)15-6-3-4-7-16(15)21)14-8-9-17-18(12-14)25-11-5-10-24-17/h3-4,6-9,12-13,19H,5,10-11H2,1-2H3,(H,22,23). The van der Waals surface area contributed by atoms with Crippen molar-refractivity contribution in [2.24, 2.45) is 5.92 Å². The minimum atomic E-state index is -0.114. The Balaban J connectivity index is 1.85. The highest BCUT2D eigenvalue weighted by molar-refractivity contribution is 9.10. The molecule has 0 aromatic heterocycles. The lowest BCUT2D eigenvalue weighted by atomic mass is 9.95. The van der Waals surface area contributed by atoms with Crippen molar-refractivity contribution in [3.05, 3.63) is 58.1 Å². The van der Waals surface area contributed by atoms with Crippen LogP contribution in [-0.2, 0) is 0 Å². The first-order chi connectivity index (χ1) is 12.1. The van der Waals surface area contributed by atoms with Gasteiger partial charge in [-0.05, 0) is 51.7 Å². The van der Waals surface area contributed by atoms with Gasteiger partial charge in [0, 0.05) is 10.9 Å². The Bertz CT molecular complexity index is 760. The Morgan fingerprint density at radius 2 is 1.80 bits per heavy atom. The van der Waals surface area contributed by atoms with Crippen molar-refractivity contribution in [3.8, 4) is 11.5 Å². The molecule has 1 heterocycles. The summed E-state index contributed by atoms with van der Waals surface area (Å²) in [5, 5.41) is 3.15. The van der Waals surface area contributed by atoms with E-state index in [1.165, 1.54) is 0 Å². The Morgan fingerprint density at radius 3 is 2.52 bits per heavy atom. The number of carbonyl (C=O) groups excluding carboxylic acids is 1. The van der Waals surface area contributed by atoms with Crippen LogP contribution in [0.4, 0.5) is 0 Å². The summed E-state index contributed by atoms with van der Waals surface area (Å²) in [6.07, 6.45) is 0.871. The fraction of sp³-hybridized carbons (Fsp3) is 0.350. The maximum absolute atomic E-state index is 12.7. The summed E-state index contributed by atoms with van der Waals surface area (Å²) in [6, 6.07) is 13.2. The molecule has 132 valence electrons. The minimum absolute atomic E-state index is 0.0988. The third kappa shape index (κ3) is 4.15. The Labute approximate surface area is 156 Å². The minimum Gasteiger partial charge on any atom is -0.490 e. The molecule has 1 amide bonds. The Kier molecular flexibility index (Phi) is 5.63. The molecule has 25 heavy (non-hydrogen) atoms. The Hall–Kier alpha value is -2.01. The lowest BCUT2D eigenvalue weighted by molar-refractivity contribution is 0.0924. The van der Waals surface area contributed by atoms with Gasteiger partial charge < -0.3 is 14.8 Å². The molecule has 0 saturated heterocycles. The molecule has 1 unspecified atom stereocenters. The van der Waals surface area contributed by atoms with E-state index >= 15 is 0 Å². The van der Waals surface area contributed by atoms with Crippen molar-refractivity contribution in [1.82, 2.24) is 5.32 Å². The van der Waals surface area contributed by atoms with Crippen LogP contribution in [-0.4, -0.2) is 19.1 Å². The number of rotatable bonds is 4. The van der Waals surface area contributed by atoms with Gasteiger partial charge in [-0.2, -0.15) is 0 Å².